The molecule has 0 radical (unpaired) electrons. The number of hydrogen-bond donors (Lipinski definition) is 0. The van der Waals surface area contributed by atoms with Gasteiger partial charge in [-0.2, -0.15) is 0 Å². The van der Waals surface area contributed by atoms with Gasteiger partial charge in [0.05, 0.1) is 0 Å². The molecule has 0 amide bonds. The van der Waals surface area contributed by atoms with Crippen molar-refractivity contribution in [3.63, 3.8) is 0 Å². The van der Waals surface area contributed by atoms with Crippen molar-refractivity contribution in [1.82, 2.24) is 0 Å². The molecule has 1 aromatic rings. The second-order valence-corrected chi connectivity index (χ2v) is 7.44. The summed E-state index contributed by atoms with van der Waals surface area (Å²) in [4.78, 5) is 0. The molecule has 2 aliphatic carbocycles. The SMILES string of the molecule is C=C(C)c1cc(C(=C)C)c2c(c1)C(C)C(C1CCC=C1C)C2. The van der Waals surface area contributed by atoms with Crippen LogP contribution in [0.1, 0.15) is 68.7 Å². The van der Waals surface area contributed by atoms with Gasteiger partial charge in [0.1, 0.15) is 0 Å². The second kappa shape index (κ2) is 5.57. The van der Waals surface area contributed by atoms with Crippen LogP contribution >= 0.6 is 0 Å². The van der Waals surface area contributed by atoms with Gasteiger partial charge in [0, 0.05) is 0 Å². The Morgan fingerprint density at radius 2 is 1.86 bits per heavy atom. The van der Waals surface area contributed by atoms with Crippen LogP contribution in [0.5, 0.6) is 0 Å². The Bertz CT molecular complexity index is 672. The molecular formula is C22H28. The molecule has 2 aliphatic rings. The molecule has 22 heavy (non-hydrogen) atoms. The average molecular weight is 292 g/mol. The fraction of sp³-hybridized carbons (Fsp3) is 0.455. The maximum Gasteiger partial charge on any atom is -0.0150 e. The highest BCUT2D eigenvalue weighted by Gasteiger charge is 2.37. The van der Waals surface area contributed by atoms with E-state index in [0.29, 0.717) is 5.92 Å². The topological polar surface area (TPSA) is 0 Å². The summed E-state index contributed by atoms with van der Waals surface area (Å²) in [7, 11) is 0. The molecule has 0 saturated heterocycles. The lowest BCUT2D eigenvalue weighted by molar-refractivity contribution is 0.347. The molecule has 3 rings (SSSR count). The molecule has 3 unspecified atom stereocenters. The van der Waals surface area contributed by atoms with Crippen molar-refractivity contribution in [3.05, 3.63) is 59.2 Å². The summed E-state index contributed by atoms with van der Waals surface area (Å²) in [6, 6.07) is 4.69. The zero-order valence-electron chi connectivity index (χ0n) is 14.5. The lowest BCUT2D eigenvalue weighted by Gasteiger charge is -2.24. The van der Waals surface area contributed by atoms with Crippen LogP contribution in [0, 0.1) is 11.8 Å². The molecule has 0 aromatic heterocycles. The third-order valence-electron chi connectivity index (χ3n) is 5.86. The third kappa shape index (κ3) is 2.39. The Labute approximate surface area is 135 Å². The van der Waals surface area contributed by atoms with Crippen LogP contribution in [0.25, 0.3) is 11.1 Å². The zero-order chi connectivity index (χ0) is 16.0. The Morgan fingerprint density at radius 1 is 1.14 bits per heavy atom. The maximum absolute atomic E-state index is 4.22. The normalized spacial score (nSPS) is 26.7. The van der Waals surface area contributed by atoms with E-state index >= 15 is 0 Å². The Hall–Kier alpha value is -1.56. The summed E-state index contributed by atoms with van der Waals surface area (Å²) in [5, 5.41) is 0. The smallest absolute Gasteiger partial charge is 0.0150 e. The molecule has 1 aromatic carbocycles. The first-order chi connectivity index (χ1) is 10.4. The molecule has 116 valence electrons. The predicted octanol–water partition coefficient (Wildman–Crippen LogP) is 6.38. The minimum absolute atomic E-state index is 0.638. The van der Waals surface area contributed by atoms with Gasteiger partial charge in [0.25, 0.3) is 0 Å². The molecule has 0 heteroatoms. The quantitative estimate of drug-likeness (QED) is 0.567. The van der Waals surface area contributed by atoms with E-state index in [1.54, 1.807) is 16.7 Å². The molecule has 0 heterocycles. The van der Waals surface area contributed by atoms with E-state index in [9.17, 15) is 0 Å². The standard InChI is InChI=1S/C22H28/c1-13(2)17-10-19(14(3)4)22-12-21(16(6)20(22)11-17)18-9-7-8-15(18)5/h8,10-11,16,18,21H,1,3,7,9,12H2,2,4-6H3. The predicted molar refractivity (Wildman–Crippen MR) is 97.9 cm³/mol. The molecule has 0 fully saturated rings. The molecule has 3 atom stereocenters. The highest BCUT2D eigenvalue weighted by molar-refractivity contribution is 5.73. The minimum atomic E-state index is 0.638. The van der Waals surface area contributed by atoms with E-state index in [4.69, 9.17) is 0 Å². The summed E-state index contributed by atoms with van der Waals surface area (Å²) in [5.41, 5.74) is 9.69. The highest BCUT2D eigenvalue weighted by atomic mass is 14.4. The molecule has 0 nitrogen and oxygen atoms in total. The number of rotatable bonds is 3. The first-order valence-electron chi connectivity index (χ1n) is 8.55. The van der Waals surface area contributed by atoms with Crippen LogP contribution in [0.2, 0.25) is 0 Å². The summed E-state index contributed by atoms with van der Waals surface area (Å²) < 4.78 is 0. The van der Waals surface area contributed by atoms with Crippen LogP contribution in [0.4, 0.5) is 0 Å². The van der Waals surface area contributed by atoms with Gasteiger partial charge in [-0.25, -0.2) is 0 Å². The lowest BCUT2D eigenvalue weighted by atomic mass is 9.80. The van der Waals surface area contributed by atoms with Gasteiger partial charge < -0.3 is 0 Å². The van der Waals surface area contributed by atoms with Crippen molar-refractivity contribution >= 4 is 11.1 Å². The average Bonchev–Trinajstić information content (AvgIpc) is 3.01. The van der Waals surface area contributed by atoms with Crippen molar-refractivity contribution in [2.24, 2.45) is 11.8 Å². The van der Waals surface area contributed by atoms with E-state index in [1.807, 2.05) is 0 Å². The second-order valence-electron chi connectivity index (χ2n) is 7.44. The molecule has 0 bridgehead atoms. The largest absolute Gasteiger partial charge is 0.0955 e. The monoisotopic (exact) mass is 292 g/mol. The molecule has 0 N–H and O–H groups in total. The summed E-state index contributed by atoms with van der Waals surface area (Å²) >= 11 is 0. The first-order valence-corrected chi connectivity index (χ1v) is 8.55. The molecule has 0 saturated carbocycles. The van der Waals surface area contributed by atoms with Crippen molar-refractivity contribution in [1.29, 1.82) is 0 Å². The van der Waals surface area contributed by atoms with Gasteiger partial charge in [-0.1, -0.05) is 48.9 Å². The van der Waals surface area contributed by atoms with Crippen LogP contribution in [0.3, 0.4) is 0 Å². The minimum Gasteiger partial charge on any atom is -0.0955 e. The molecule has 0 aliphatic heterocycles. The Morgan fingerprint density at radius 3 is 2.41 bits per heavy atom. The highest BCUT2D eigenvalue weighted by Crippen LogP contribution is 2.49. The van der Waals surface area contributed by atoms with Crippen molar-refractivity contribution in [2.75, 3.05) is 0 Å². The number of allylic oxidation sites excluding steroid dienone is 4. The van der Waals surface area contributed by atoms with Crippen molar-refractivity contribution in [3.8, 4) is 0 Å². The van der Waals surface area contributed by atoms with Gasteiger partial charge >= 0.3 is 0 Å². The Kier molecular flexibility index (Phi) is 3.89. The fourth-order valence-corrected chi connectivity index (χ4v) is 4.51. The number of benzene rings is 1. The van der Waals surface area contributed by atoms with E-state index in [2.05, 4.69) is 59.1 Å². The van der Waals surface area contributed by atoms with Gasteiger partial charge in [0.2, 0.25) is 0 Å². The van der Waals surface area contributed by atoms with Gasteiger partial charge in [0.15, 0.2) is 0 Å². The third-order valence-corrected chi connectivity index (χ3v) is 5.86. The molecular weight excluding hydrogens is 264 g/mol. The van der Waals surface area contributed by atoms with Gasteiger partial charge in [-0.05, 0) is 86.1 Å². The zero-order valence-corrected chi connectivity index (χ0v) is 14.5. The molecule has 0 spiro atoms. The van der Waals surface area contributed by atoms with E-state index < -0.39 is 0 Å². The van der Waals surface area contributed by atoms with E-state index in [1.165, 1.54) is 36.0 Å². The van der Waals surface area contributed by atoms with Gasteiger partial charge in [-0.3, -0.25) is 0 Å². The van der Waals surface area contributed by atoms with Crippen LogP contribution in [-0.4, -0.2) is 0 Å². The Balaban J connectivity index is 2.06. The van der Waals surface area contributed by atoms with Crippen molar-refractivity contribution in [2.45, 2.75) is 52.9 Å². The van der Waals surface area contributed by atoms with Gasteiger partial charge in [-0.15, -0.1) is 0 Å². The van der Waals surface area contributed by atoms with Crippen LogP contribution < -0.4 is 0 Å². The number of hydrogen-bond acceptors (Lipinski definition) is 0. The van der Waals surface area contributed by atoms with Crippen molar-refractivity contribution < 1.29 is 0 Å². The first kappa shape index (κ1) is 15.3. The fourth-order valence-electron chi connectivity index (χ4n) is 4.51. The summed E-state index contributed by atoms with van der Waals surface area (Å²) in [6.45, 7) is 17.4. The number of fused-ring (bicyclic) bond motifs is 1. The van der Waals surface area contributed by atoms with E-state index in [0.717, 1.165) is 17.4 Å². The van der Waals surface area contributed by atoms with E-state index in [-0.39, 0.29) is 0 Å². The van der Waals surface area contributed by atoms with Crippen LogP contribution in [-0.2, 0) is 6.42 Å². The summed E-state index contributed by atoms with van der Waals surface area (Å²) in [5.74, 6) is 2.17. The maximum atomic E-state index is 4.22. The lowest BCUT2D eigenvalue weighted by Crippen LogP contribution is -2.16. The van der Waals surface area contributed by atoms with Crippen LogP contribution in [0.15, 0.2) is 36.9 Å². The summed E-state index contributed by atoms with van der Waals surface area (Å²) in [6.07, 6.45) is 6.26.